The molecule has 0 radical (unpaired) electrons. The molecule has 90 valence electrons. The number of hydrogen-bond acceptors (Lipinski definition) is 3. The lowest BCUT2D eigenvalue weighted by atomic mass is 10.1. The first-order valence-corrected chi connectivity index (χ1v) is 5.95. The van der Waals surface area contributed by atoms with Gasteiger partial charge in [0.25, 0.3) is 0 Å². The number of hydrogen-bond donors (Lipinski definition) is 2. The molecule has 1 heterocycles. The zero-order chi connectivity index (χ0) is 12.1. The van der Waals surface area contributed by atoms with E-state index in [1.54, 1.807) is 0 Å². The summed E-state index contributed by atoms with van der Waals surface area (Å²) in [6.07, 6.45) is 1.76. The molecule has 0 aliphatic rings. The average Bonchev–Trinajstić information content (AvgIpc) is 2.77. The van der Waals surface area contributed by atoms with E-state index in [-0.39, 0.29) is 0 Å². The number of aromatic nitrogens is 3. The molecule has 0 amide bonds. The minimum absolute atomic E-state index is 0.716. The van der Waals surface area contributed by atoms with Crippen LogP contribution in [0.4, 0.5) is 0 Å². The summed E-state index contributed by atoms with van der Waals surface area (Å²) >= 11 is 5.83. The van der Waals surface area contributed by atoms with E-state index in [1.807, 2.05) is 31.3 Å². The van der Waals surface area contributed by atoms with Gasteiger partial charge in [0.05, 0.1) is 6.54 Å². The van der Waals surface area contributed by atoms with Gasteiger partial charge in [0.1, 0.15) is 5.82 Å². The molecule has 0 fully saturated rings. The van der Waals surface area contributed by atoms with E-state index in [0.29, 0.717) is 6.54 Å². The molecule has 0 aliphatic heterocycles. The monoisotopic (exact) mass is 250 g/mol. The van der Waals surface area contributed by atoms with E-state index < -0.39 is 0 Å². The number of benzene rings is 1. The maximum atomic E-state index is 5.83. The molecule has 17 heavy (non-hydrogen) atoms. The minimum atomic E-state index is 0.716. The summed E-state index contributed by atoms with van der Waals surface area (Å²) in [7, 11) is 1.88. The number of halogens is 1. The second kappa shape index (κ2) is 5.80. The van der Waals surface area contributed by atoms with Crippen molar-refractivity contribution in [1.82, 2.24) is 20.5 Å². The molecule has 2 N–H and O–H groups in total. The van der Waals surface area contributed by atoms with Crippen LogP contribution in [0.1, 0.15) is 17.2 Å². The summed E-state index contributed by atoms with van der Waals surface area (Å²) in [5.41, 5.74) is 1.24. The van der Waals surface area contributed by atoms with Crippen molar-refractivity contribution in [2.24, 2.45) is 0 Å². The first-order chi connectivity index (χ1) is 8.28. The van der Waals surface area contributed by atoms with E-state index in [1.165, 1.54) is 5.56 Å². The van der Waals surface area contributed by atoms with Crippen LogP contribution >= 0.6 is 11.6 Å². The highest BCUT2D eigenvalue weighted by molar-refractivity contribution is 6.30. The van der Waals surface area contributed by atoms with Crippen molar-refractivity contribution in [1.29, 1.82) is 0 Å². The maximum Gasteiger partial charge on any atom is 0.151 e. The van der Waals surface area contributed by atoms with E-state index in [9.17, 15) is 0 Å². The third-order valence-electron chi connectivity index (χ3n) is 2.47. The Morgan fingerprint density at radius 3 is 2.71 bits per heavy atom. The maximum absolute atomic E-state index is 5.83. The van der Waals surface area contributed by atoms with E-state index in [0.717, 1.165) is 29.5 Å². The molecule has 5 heteroatoms. The van der Waals surface area contributed by atoms with Crippen LogP contribution in [0.5, 0.6) is 0 Å². The lowest BCUT2D eigenvalue weighted by Crippen LogP contribution is -2.06. The van der Waals surface area contributed by atoms with Crippen molar-refractivity contribution in [2.75, 3.05) is 7.05 Å². The number of nitrogens with zero attached hydrogens (tertiary/aromatic N) is 2. The number of aryl methyl sites for hydroxylation is 2. The summed E-state index contributed by atoms with van der Waals surface area (Å²) in [4.78, 5) is 4.38. The third kappa shape index (κ3) is 3.54. The first kappa shape index (κ1) is 12.1. The van der Waals surface area contributed by atoms with Gasteiger partial charge in [0.2, 0.25) is 0 Å². The normalized spacial score (nSPS) is 10.7. The van der Waals surface area contributed by atoms with Crippen LogP contribution < -0.4 is 5.32 Å². The number of aromatic amines is 1. The molecule has 1 aromatic heterocycles. The van der Waals surface area contributed by atoms with Gasteiger partial charge in [0, 0.05) is 11.4 Å². The molecule has 4 nitrogen and oxygen atoms in total. The van der Waals surface area contributed by atoms with Gasteiger partial charge < -0.3 is 5.32 Å². The first-order valence-electron chi connectivity index (χ1n) is 5.57. The van der Waals surface area contributed by atoms with Gasteiger partial charge in [-0.15, -0.1) is 0 Å². The van der Waals surface area contributed by atoms with Gasteiger partial charge >= 0.3 is 0 Å². The zero-order valence-electron chi connectivity index (χ0n) is 9.70. The highest BCUT2D eigenvalue weighted by Gasteiger charge is 2.02. The molecule has 2 rings (SSSR count). The van der Waals surface area contributed by atoms with Crippen LogP contribution in [0.15, 0.2) is 24.3 Å². The molecule has 0 saturated heterocycles. The van der Waals surface area contributed by atoms with Crippen molar-refractivity contribution in [2.45, 2.75) is 19.4 Å². The molecule has 1 aromatic carbocycles. The van der Waals surface area contributed by atoms with Crippen molar-refractivity contribution >= 4 is 11.6 Å². The van der Waals surface area contributed by atoms with Crippen LogP contribution in [0.2, 0.25) is 5.02 Å². The molecule has 0 aliphatic carbocycles. The molecule has 2 aromatic rings. The largest absolute Gasteiger partial charge is 0.313 e. The molecule has 0 bridgehead atoms. The molecular weight excluding hydrogens is 236 g/mol. The van der Waals surface area contributed by atoms with Gasteiger partial charge in [-0.3, -0.25) is 5.10 Å². The lowest BCUT2D eigenvalue weighted by Gasteiger charge is -1.98. The second-order valence-corrected chi connectivity index (χ2v) is 4.29. The average molecular weight is 251 g/mol. The fourth-order valence-corrected chi connectivity index (χ4v) is 1.73. The predicted molar refractivity (Wildman–Crippen MR) is 68.0 cm³/mol. The van der Waals surface area contributed by atoms with E-state index in [2.05, 4.69) is 20.5 Å². The Labute approximate surface area is 105 Å². The van der Waals surface area contributed by atoms with Crippen LogP contribution in [-0.4, -0.2) is 22.2 Å². The molecule has 0 atom stereocenters. The third-order valence-corrected chi connectivity index (χ3v) is 2.72. The van der Waals surface area contributed by atoms with Crippen LogP contribution in [0, 0.1) is 0 Å². The minimum Gasteiger partial charge on any atom is -0.313 e. The summed E-state index contributed by atoms with van der Waals surface area (Å²) in [6, 6.07) is 7.87. The SMILES string of the molecule is CNCc1nc(CCc2ccc(Cl)cc2)n[nH]1. The Hall–Kier alpha value is -1.39. The molecule has 0 unspecified atom stereocenters. The Bertz CT molecular complexity index is 464. The van der Waals surface area contributed by atoms with Gasteiger partial charge in [0.15, 0.2) is 5.82 Å². The van der Waals surface area contributed by atoms with Gasteiger partial charge in [-0.2, -0.15) is 5.10 Å². The summed E-state index contributed by atoms with van der Waals surface area (Å²) in [5.74, 6) is 1.73. The summed E-state index contributed by atoms with van der Waals surface area (Å²) in [5, 5.41) is 10.9. The Morgan fingerprint density at radius 2 is 2.00 bits per heavy atom. The van der Waals surface area contributed by atoms with Crippen molar-refractivity contribution < 1.29 is 0 Å². The van der Waals surface area contributed by atoms with Gasteiger partial charge in [-0.05, 0) is 31.2 Å². The smallest absolute Gasteiger partial charge is 0.151 e. The van der Waals surface area contributed by atoms with Crippen LogP contribution in [-0.2, 0) is 19.4 Å². The highest BCUT2D eigenvalue weighted by atomic mass is 35.5. The predicted octanol–water partition coefficient (Wildman–Crippen LogP) is 1.96. The van der Waals surface area contributed by atoms with Crippen molar-refractivity contribution in [3.05, 3.63) is 46.5 Å². The van der Waals surface area contributed by atoms with Crippen molar-refractivity contribution in [3.63, 3.8) is 0 Å². The number of rotatable bonds is 5. The summed E-state index contributed by atoms with van der Waals surface area (Å²) < 4.78 is 0. The fraction of sp³-hybridized carbons (Fsp3) is 0.333. The Morgan fingerprint density at radius 1 is 1.24 bits per heavy atom. The lowest BCUT2D eigenvalue weighted by molar-refractivity contribution is 0.762. The standard InChI is InChI=1S/C12H15ClN4/c1-14-8-12-15-11(16-17-12)7-4-9-2-5-10(13)6-3-9/h2-3,5-6,14H,4,7-8H2,1H3,(H,15,16,17). The molecule has 0 spiro atoms. The topological polar surface area (TPSA) is 53.6 Å². The Balaban J connectivity index is 1.90. The van der Waals surface area contributed by atoms with Crippen LogP contribution in [0.25, 0.3) is 0 Å². The van der Waals surface area contributed by atoms with Crippen molar-refractivity contribution in [3.8, 4) is 0 Å². The van der Waals surface area contributed by atoms with Gasteiger partial charge in [-0.1, -0.05) is 23.7 Å². The van der Waals surface area contributed by atoms with E-state index >= 15 is 0 Å². The van der Waals surface area contributed by atoms with E-state index in [4.69, 9.17) is 11.6 Å². The fourth-order valence-electron chi connectivity index (χ4n) is 1.60. The quantitative estimate of drug-likeness (QED) is 0.853. The number of H-pyrrole nitrogens is 1. The van der Waals surface area contributed by atoms with Gasteiger partial charge in [-0.25, -0.2) is 4.98 Å². The van der Waals surface area contributed by atoms with Crippen LogP contribution in [0.3, 0.4) is 0 Å². The molecular formula is C12H15ClN4. The zero-order valence-corrected chi connectivity index (χ0v) is 10.5. The molecule has 0 saturated carbocycles. The Kier molecular flexibility index (Phi) is 4.12. The summed E-state index contributed by atoms with van der Waals surface area (Å²) in [6.45, 7) is 0.716. The number of nitrogens with one attached hydrogen (secondary N) is 2. The highest BCUT2D eigenvalue weighted by Crippen LogP contribution is 2.11. The second-order valence-electron chi connectivity index (χ2n) is 3.86.